The van der Waals surface area contributed by atoms with Crippen molar-refractivity contribution in [3.8, 4) is 5.75 Å². The second kappa shape index (κ2) is 9.21. The van der Waals surface area contributed by atoms with Crippen molar-refractivity contribution in [2.24, 2.45) is 0 Å². The van der Waals surface area contributed by atoms with Gasteiger partial charge in [-0.15, -0.1) is 0 Å². The predicted molar refractivity (Wildman–Crippen MR) is 103 cm³/mol. The van der Waals surface area contributed by atoms with Gasteiger partial charge in [0.2, 0.25) is 0 Å². The van der Waals surface area contributed by atoms with Gasteiger partial charge < -0.3 is 33.5 Å². The molecular weight excluding hydrogens is 376 g/mol. The largest absolute Gasteiger partial charge is 0.497 e. The van der Waals surface area contributed by atoms with E-state index in [0.29, 0.717) is 13.2 Å². The van der Waals surface area contributed by atoms with E-state index in [0.717, 1.165) is 16.9 Å². The summed E-state index contributed by atoms with van der Waals surface area (Å²) >= 11 is 0. The summed E-state index contributed by atoms with van der Waals surface area (Å²) in [5, 5.41) is 10.8. The summed E-state index contributed by atoms with van der Waals surface area (Å²) in [6.45, 7) is 0.630. The lowest BCUT2D eigenvalue weighted by Crippen LogP contribution is -2.62. The first-order valence-electron chi connectivity index (χ1n) is 9.62. The summed E-state index contributed by atoms with van der Waals surface area (Å²) in [6, 6.07) is 17.3. The van der Waals surface area contributed by atoms with Crippen LogP contribution in [0.2, 0.25) is 0 Å². The third-order valence-corrected chi connectivity index (χ3v) is 5.21. The molecule has 0 spiro atoms. The average molecular weight is 402 g/mol. The van der Waals surface area contributed by atoms with E-state index < -0.39 is 37.0 Å². The Labute approximate surface area is 170 Å². The van der Waals surface area contributed by atoms with Gasteiger partial charge in [-0.2, -0.15) is 0 Å². The van der Waals surface area contributed by atoms with E-state index >= 15 is 0 Å². The Morgan fingerprint density at radius 1 is 1.00 bits per heavy atom. The number of aliphatic hydroxyl groups excluding tert-OH is 1. The second-order valence-corrected chi connectivity index (χ2v) is 7.07. The Morgan fingerprint density at radius 3 is 2.45 bits per heavy atom. The molecule has 0 saturated carbocycles. The van der Waals surface area contributed by atoms with Crippen molar-refractivity contribution in [1.82, 2.24) is 0 Å². The molecule has 6 atom stereocenters. The van der Waals surface area contributed by atoms with Crippen molar-refractivity contribution in [3.05, 3.63) is 65.7 Å². The molecule has 2 aromatic rings. The minimum absolute atomic E-state index is 0.311. The smallest absolute Gasteiger partial charge is 0.186 e. The quantitative estimate of drug-likeness (QED) is 0.795. The highest BCUT2D eigenvalue weighted by atomic mass is 16.8. The molecule has 29 heavy (non-hydrogen) atoms. The number of benzene rings is 2. The zero-order chi connectivity index (χ0) is 20.2. The fourth-order valence-corrected chi connectivity index (χ4v) is 3.64. The number of hydrogen-bond acceptors (Lipinski definition) is 7. The van der Waals surface area contributed by atoms with Crippen molar-refractivity contribution in [1.29, 1.82) is 0 Å². The zero-order valence-corrected chi connectivity index (χ0v) is 16.5. The highest BCUT2D eigenvalue weighted by Gasteiger charge is 2.50. The SMILES string of the molecule is COc1ccc(CO[C@H]2[C@H](O)[C@@H](OC)O[C@@H]3CO[C@@H](c4ccccc4)O[C@@H]23)cc1. The maximum atomic E-state index is 10.8. The topological polar surface area (TPSA) is 75.6 Å². The molecule has 0 unspecified atom stereocenters. The van der Waals surface area contributed by atoms with Crippen LogP contribution in [-0.4, -0.2) is 56.6 Å². The van der Waals surface area contributed by atoms with E-state index in [1.165, 1.54) is 7.11 Å². The minimum Gasteiger partial charge on any atom is -0.497 e. The van der Waals surface area contributed by atoms with Crippen LogP contribution in [0.3, 0.4) is 0 Å². The van der Waals surface area contributed by atoms with Crippen LogP contribution in [0.4, 0.5) is 0 Å². The standard InChI is InChI=1S/C22H26O7/c1-24-16-10-8-14(9-11-16)12-26-20-18(23)22(25-2)28-17-13-27-21(29-19(17)20)15-6-4-3-5-7-15/h3-11,17-23H,12-13H2,1-2H3/t17-,18+,19-,20+,21-,22+/m1/s1. The van der Waals surface area contributed by atoms with E-state index in [4.69, 9.17) is 28.4 Å². The lowest BCUT2D eigenvalue weighted by atomic mass is 9.97. The van der Waals surface area contributed by atoms with Gasteiger partial charge in [-0.05, 0) is 17.7 Å². The Balaban J connectivity index is 1.49. The van der Waals surface area contributed by atoms with Gasteiger partial charge in [0.25, 0.3) is 0 Å². The molecular formula is C22H26O7. The monoisotopic (exact) mass is 402 g/mol. The summed E-state index contributed by atoms with van der Waals surface area (Å²) in [4.78, 5) is 0. The van der Waals surface area contributed by atoms with Crippen LogP contribution >= 0.6 is 0 Å². The summed E-state index contributed by atoms with van der Waals surface area (Å²) in [5.74, 6) is 0.776. The molecule has 7 heteroatoms. The molecule has 0 bridgehead atoms. The molecule has 2 saturated heterocycles. The molecule has 156 valence electrons. The normalized spacial score (nSPS) is 31.8. The molecule has 4 rings (SSSR count). The third-order valence-electron chi connectivity index (χ3n) is 5.21. The van der Waals surface area contributed by atoms with Crippen LogP contribution in [0.15, 0.2) is 54.6 Å². The Hall–Kier alpha value is -2.00. The molecule has 2 aliphatic rings. The lowest BCUT2D eigenvalue weighted by molar-refractivity contribution is -0.363. The van der Waals surface area contributed by atoms with Gasteiger partial charge in [-0.3, -0.25) is 0 Å². The number of ether oxygens (including phenoxy) is 6. The van der Waals surface area contributed by atoms with E-state index in [1.807, 2.05) is 54.6 Å². The first-order valence-corrected chi connectivity index (χ1v) is 9.62. The summed E-state index contributed by atoms with van der Waals surface area (Å²) in [6.07, 6.45) is -3.86. The highest BCUT2D eigenvalue weighted by Crippen LogP contribution is 2.35. The molecule has 7 nitrogen and oxygen atoms in total. The van der Waals surface area contributed by atoms with Crippen LogP contribution < -0.4 is 4.74 Å². The van der Waals surface area contributed by atoms with Crippen LogP contribution in [0.25, 0.3) is 0 Å². The summed E-state index contributed by atoms with van der Waals surface area (Å²) in [5.41, 5.74) is 1.87. The van der Waals surface area contributed by atoms with Gasteiger partial charge in [-0.25, -0.2) is 0 Å². The second-order valence-electron chi connectivity index (χ2n) is 7.07. The summed E-state index contributed by atoms with van der Waals surface area (Å²) < 4.78 is 34.4. The maximum Gasteiger partial charge on any atom is 0.186 e. The third kappa shape index (κ3) is 4.45. The van der Waals surface area contributed by atoms with Crippen molar-refractivity contribution < 1.29 is 33.5 Å². The molecule has 1 N–H and O–H groups in total. The molecule has 2 heterocycles. The molecule has 0 aliphatic carbocycles. The first-order chi connectivity index (χ1) is 14.2. The Bertz CT molecular complexity index is 766. The molecule has 0 aromatic heterocycles. The van der Waals surface area contributed by atoms with E-state index in [1.54, 1.807) is 7.11 Å². The van der Waals surface area contributed by atoms with Crippen molar-refractivity contribution in [2.75, 3.05) is 20.8 Å². The Morgan fingerprint density at radius 2 is 1.76 bits per heavy atom. The van der Waals surface area contributed by atoms with E-state index in [9.17, 15) is 5.11 Å². The average Bonchev–Trinajstić information content (AvgIpc) is 2.78. The van der Waals surface area contributed by atoms with Gasteiger partial charge in [0.15, 0.2) is 12.6 Å². The Kier molecular flexibility index (Phi) is 6.44. The molecule has 2 aliphatic heterocycles. The van der Waals surface area contributed by atoms with Gasteiger partial charge in [0.1, 0.15) is 30.2 Å². The van der Waals surface area contributed by atoms with Crippen molar-refractivity contribution in [3.63, 3.8) is 0 Å². The number of hydrogen-bond donors (Lipinski definition) is 1. The van der Waals surface area contributed by atoms with Crippen LogP contribution in [0.1, 0.15) is 17.4 Å². The fraction of sp³-hybridized carbons (Fsp3) is 0.455. The van der Waals surface area contributed by atoms with Gasteiger partial charge in [-0.1, -0.05) is 42.5 Å². The first kappa shape index (κ1) is 20.3. The molecule has 0 amide bonds. The number of methoxy groups -OCH3 is 2. The number of rotatable bonds is 6. The van der Waals surface area contributed by atoms with Gasteiger partial charge in [0, 0.05) is 12.7 Å². The molecule has 2 aromatic carbocycles. The molecule has 2 fully saturated rings. The van der Waals surface area contributed by atoms with E-state index in [2.05, 4.69) is 0 Å². The number of fused-ring (bicyclic) bond motifs is 1. The van der Waals surface area contributed by atoms with Crippen LogP contribution in [0, 0.1) is 0 Å². The zero-order valence-electron chi connectivity index (χ0n) is 16.5. The van der Waals surface area contributed by atoms with E-state index in [-0.39, 0.29) is 0 Å². The lowest BCUT2D eigenvalue weighted by Gasteiger charge is -2.47. The maximum absolute atomic E-state index is 10.8. The van der Waals surface area contributed by atoms with Crippen LogP contribution in [-0.2, 0) is 30.3 Å². The van der Waals surface area contributed by atoms with Crippen molar-refractivity contribution in [2.45, 2.75) is 43.6 Å². The fourth-order valence-electron chi connectivity index (χ4n) is 3.64. The van der Waals surface area contributed by atoms with Gasteiger partial charge >= 0.3 is 0 Å². The predicted octanol–water partition coefficient (Wildman–Crippen LogP) is 2.43. The van der Waals surface area contributed by atoms with Gasteiger partial charge in [0.05, 0.1) is 20.3 Å². The van der Waals surface area contributed by atoms with Crippen LogP contribution in [0.5, 0.6) is 5.75 Å². The number of aliphatic hydroxyl groups is 1. The highest BCUT2D eigenvalue weighted by molar-refractivity contribution is 5.26. The van der Waals surface area contributed by atoms with Crippen molar-refractivity contribution >= 4 is 0 Å². The minimum atomic E-state index is -0.992. The molecule has 0 radical (unpaired) electrons. The summed E-state index contributed by atoms with van der Waals surface area (Å²) in [7, 11) is 3.12.